The summed E-state index contributed by atoms with van der Waals surface area (Å²) in [5.41, 5.74) is 0. The van der Waals surface area contributed by atoms with E-state index in [0.717, 1.165) is 6.42 Å². The predicted molar refractivity (Wildman–Crippen MR) is 59.6 cm³/mol. The number of hydrogen-bond acceptors (Lipinski definition) is 1. The van der Waals surface area contributed by atoms with Crippen LogP contribution in [-0.4, -0.2) is 11.5 Å². The van der Waals surface area contributed by atoms with Crippen LogP contribution in [0.3, 0.4) is 0 Å². The number of thioether (sulfide) groups is 1. The predicted octanol–water partition coefficient (Wildman–Crippen LogP) is 4.07. The largest absolute Gasteiger partial charge is 1.00 e. The maximum Gasteiger partial charge on any atom is 1.00 e. The van der Waals surface area contributed by atoms with E-state index in [1.54, 1.807) is 0 Å². The molecule has 0 spiro atoms. The van der Waals surface area contributed by atoms with Gasteiger partial charge >= 0.3 is 17.1 Å². The molecular formula is C11H21CuS. The van der Waals surface area contributed by atoms with Gasteiger partial charge in [0.1, 0.15) is 0 Å². The second-order valence-corrected chi connectivity index (χ2v) is 4.24. The molecule has 0 aromatic carbocycles. The molecule has 0 aliphatic carbocycles. The van der Waals surface area contributed by atoms with E-state index in [-0.39, 0.29) is 17.1 Å². The molecule has 0 heterocycles. The van der Waals surface area contributed by atoms with Gasteiger partial charge < -0.3 is 6.08 Å². The Morgan fingerprint density at radius 3 is 2.62 bits per heavy atom. The van der Waals surface area contributed by atoms with E-state index >= 15 is 0 Å². The fraction of sp³-hybridized carbons (Fsp3) is 0.818. The number of rotatable bonds is 8. The van der Waals surface area contributed by atoms with Gasteiger partial charge in [-0.3, -0.25) is 6.08 Å². The molecule has 13 heavy (non-hydrogen) atoms. The number of allylic oxidation sites excluding steroid dienone is 2. The first kappa shape index (κ1) is 16.1. The van der Waals surface area contributed by atoms with Crippen LogP contribution in [0.15, 0.2) is 6.08 Å². The van der Waals surface area contributed by atoms with Crippen molar-refractivity contribution in [3.63, 3.8) is 0 Å². The summed E-state index contributed by atoms with van der Waals surface area (Å²) >= 11 is 2.02. The van der Waals surface area contributed by atoms with Crippen molar-refractivity contribution in [3.05, 3.63) is 12.2 Å². The van der Waals surface area contributed by atoms with Crippen molar-refractivity contribution < 1.29 is 17.1 Å². The summed E-state index contributed by atoms with van der Waals surface area (Å²) in [7, 11) is 0. The van der Waals surface area contributed by atoms with E-state index in [1.807, 2.05) is 11.8 Å². The molecule has 0 aromatic heterocycles. The minimum absolute atomic E-state index is 0. The fourth-order valence-electron chi connectivity index (χ4n) is 0.931. The van der Waals surface area contributed by atoms with Crippen molar-refractivity contribution in [1.82, 2.24) is 0 Å². The fourth-order valence-corrected chi connectivity index (χ4v) is 1.57. The molecule has 0 N–H and O–H groups in total. The zero-order valence-electron chi connectivity index (χ0n) is 8.74. The maximum absolute atomic E-state index is 3.34. The zero-order valence-corrected chi connectivity index (χ0v) is 10.5. The molecule has 0 saturated carbocycles. The van der Waals surface area contributed by atoms with Crippen molar-refractivity contribution in [2.45, 2.75) is 46.0 Å². The Balaban J connectivity index is 0. The van der Waals surface area contributed by atoms with E-state index in [9.17, 15) is 0 Å². The Kier molecular flexibility index (Phi) is 18.6. The van der Waals surface area contributed by atoms with Crippen LogP contribution in [0.1, 0.15) is 46.0 Å². The molecular weight excluding hydrogens is 228 g/mol. The third-order valence-corrected chi connectivity index (χ3v) is 2.65. The number of unbranched alkanes of at least 4 members (excludes halogenated alkanes) is 3. The minimum atomic E-state index is 0. The first-order valence-electron chi connectivity index (χ1n) is 5.04. The SMILES string of the molecule is CCCCC=[C-]CCCSCC.[Cu+]. The second-order valence-electron chi connectivity index (χ2n) is 2.85. The Morgan fingerprint density at radius 1 is 1.23 bits per heavy atom. The van der Waals surface area contributed by atoms with E-state index in [0.29, 0.717) is 0 Å². The molecule has 0 aromatic rings. The molecule has 0 aliphatic heterocycles. The molecule has 0 rings (SSSR count). The average Bonchev–Trinajstić information content (AvgIpc) is 2.10. The van der Waals surface area contributed by atoms with Crippen LogP contribution in [0.2, 0.25) is 0 Å². The molecule has 82 valence electrons. The summed E-state index contributed by atoms with van der Waals surface area (Å²) < 4.78 is 0. The van der Waals surface area contributed by atoms with Crippen molar-refractivity contribution in [2.75, 3.05) is 11.5 Å². The smallest absolute Gasteiger partial charge is 0.501 e. The van der Waals surface area contributed by atoms with Gasteiger partial charge in [-0.2, -0.15) is 18.2 Å². The molecule has 0 nitrogen and oxygen atoms in total. The summed E-state index contributed by atoms with van der Waals surface area (Å²) in [6.07, 6.45) is 11.8. The molecule has 0 fully saturated rings. The average molecular weight is 249 g/mol. The summed E-state index contributed by atoms with van der Waals surface area (Å²) in [6.45, 7) is 4.44. The van der Waals surface area contributed by atoms with Crippen LogP contribution in [0.5, 0.6) is 0 Å². The van der Waals surface area contributed by atoms with Gasteiger partial charge in [-0.15, -0.1) is 0 Å². The Labute approximate surface area is 98.4 Å². The minimum Gasteiger partial charge on any atom is -0.501 e. The van der Waals surface area contributed by atoms with Crippen LogP contribution < -0.4 is 0 Å². The van der Waals surface area contributed by atoms with E-state index in [2.05, 4.69) is 26.0 Å². The van der Waals surface area contributed by atoms with Crippen molar-refractivity contribution in [3.8, 4) is 0 Å². The molecule has 0 unspecified atom stereocenters. The van der Waals surface area contributed by atoms with Crippen molar-refractivity contribution in [1.29, 1.82) is 0 Å². The molecule has 0 radical (unpaired) electrons. The summed E-state index contributed by atoms with van der Waals surface area (Å²) in [5.74, 6) is 2.55. The number of hydrogen-bond donors (Lipinski definition) is 0. The standard InChI is InChI=1S/C11H21S.Cu/c1-3-5-6-7-8-9-10-11-12-4-2;/h7H,3-6,9-11H2,1-2H3;/q-1;+1. The Bertz CT molecular complexity index is 102. The first-order valence-corrected chi connectivity index (χ1v) is 6.20. The van der Waals surface area contributed by atoms with Gasteiger partial charge in [0.05, 0.1) is 0 Å². The molecule has 2 heteroatoms. The maximum atomic E-state index is 3.34. The van der Waals surface area contributed by atoms with Crippen LogP contribution in [0.4, 0.5) is 0 Å². The van der Waals surface area contributed by atoms with Gasteiger partial charge in [0, 0.05) is 0 Å². The van der Waals surface area contributed by atoms with Crippen molar-refractivity contribution >= 4 is 11.8 Å². The van der Waals surface area contributed by atoms with E-state index in [4.69, 9.17) is 0 Å². The molecule has 0 aliphatic rings. The van der Waals surface area contributed by atoms with Gasteiger partial charge in [-0.1, -0.05) is 39.5 Å². The van der Waals surface area contributed by atoms with Crippen LogP contribution in [0.25, 0.3) is 0 Å². The van der Waals surface area contributed by atoms with Crippen LogP contribution >= 0.6 is 11.8 Å². The van der Waals surface area contributed by atoms with Crippen LogP contribution in [0, 0.1) is 6.08 Å². The van der Waals surface area contributed by atoms with Gasteiger partial charge in [-0.05, 0) is 11.5 Å². The molecule has 0 amide bonds. The molecule has 0 atom stereocenters. The third-order valence-electron chi connectivity index (χ3n) is 1.66. The first-order chi connectivity index (χ1) is 5.91. The third kappa shape index (κ3) is 15.4. The summed E-state index contributed by atoms with van der Waals surface area (Å²) in [6, 6.07) is 0. The van der Waals surface area contributed by atoms with Crippen LogP contribution in [-0.2, 0) is 17.1 Å². The van der Waals surface area contributed by atoms with Gasteiger partial charge in [-0.25, -0.2) is 0 Å². The molecule has 0 bridgehead atoms. The van der Waals surface area contributed by atoms with E-state index < -0.39 is 0 Å². The summed E-state index contributed by atoms with van der Waals surface area (Å²) in [4.78, 5) is 0. The summed E-state index contributed by atoms with van der Waals surface area (Å²) in [5, 5.41) is 0. The topological polar surface area (TPSA) is 0 Å². The van der Waals surface area contributed by atoms with Gasteiger partial charge in [0.15, 0.2) is 0 Å². The van der Waals surface area contributed by atoms with E-state index in [1.165, 1.54) is 37.2 Å². The van der Waals surface area contributed by atoms with Gasteiger partial charge in [0.25, 0.3) is 0 Å². The quantitative estimate of drug-likeness (QED) is 0.355. The Morgan fingerprint density at radius 2 is 2.00 bits per heavy atom. The van der Waals surface area contributed by atoms with Crippen molar-refractivity contribution in [2.24, 2.45) is 0 Å². The van der Waals surface area contributed by atoms with Gasteiger partial charge in [0.2, 0.25) is 0 Å². The zero-order chi connectivity index (χ0) is 9.07. The monoisotopic (exact) mass is 248 g/mol. The Hall–Kier alpha value is 0.609. The molecule has 0 saturated heterocycles. The second kappa shape index (κ2) is 15.1. The normalized spacial score (nSPS) is 10.3.